The molecule has 0 aromatic carbocycles. The number of carbonyl (C=O) groups is 1. The Hall–Kier alpha value is -1.83. The second kappa shape index (κ2) is 6.37. The number of sulfonamides is 1. The molecule has 0 saturated heterocycles. The zero-order chi connectivity index (χ0) is 14.5. The summed E-state index contributed by atoms with van der Waals surface area (Å²) in [4.78, 5) is 14.5. The maximum absolute atomic E-state index is 11.7. The fraction of sp³-hybridized carbons (Fsp3) is 0.455. The number of aryl methyl sites for hydroxylation is 1. The number of anilines is 1. The molecular weight excluding hydrogens is 270 g/mol. The largest absolute Gasteiger partial charge is 0.465 e. The molecule has 0 aliphatic carbocycles. The van der Waals surface area contributed by atoms with Gasteiger partial charge in [-0.2, -0.15) is 0 Å². The van der Waals surface area contributed by atoms with E-state index in [4.69, 9.17) is 5.11 Å². The zero-order valence-corrected chi connectivity index (χ0v) is 11.6. The Kier molecular flexibility index (Phi) is 5.11. The molecule has 0 atom stereocenters. The summed E-state index contributed by atoms with van der Waals surface area (Å²) in [6.45, 7) is 3.55. The number of hydrogen-bond donors (Lipinski definition) is 3. The SMILES string of the molecule is CCCS(=O)(=O)Nc1ncc(C)cc1CNC(=O)O. The van der Waals surface area contributed by atoms with Crippen molar-refractivity contribution < 1.29 is 18.3 Å². The third kappa shape index (κ3) is 5.12. The van der Waals surface area contributed by atoms with Crippen LogP contribution >= 0.6 is 0 Å². The van der Waals surface area contributed by atoms with Gasteiger partial charge in [0.25, 0.3) is 0 Å². The zero-order valence-electron chi connectivity index (χ0n) is 10.8. The minimum Gasteiger partial charge on any atom is -0.465 e. The Balaban J connectivity index is 2.96. The average molecular weight is 287 g/mol. The first-order chi connectivity index (χ1) is 8.84. The fourth-order valence-electron chi connectivity index (χ4n) is 1.49. The van der Waals surface area contributed by atoms with E-state index in [1.54, 1.807) is 19.9 Å². The highest BCUT2D eigenvalue weighted by molar-refractivity contribution is 7.92. The fourth-order valence-corrected chi connectivity index (χ4v) is 2.61. The highest BCUT2D eigenvalue weighted by Crippen LogP contribution is 2.15. The van der Waals surface area contributed by atoms with Crippen LogP contribution in [0.3, 0.4) is 0 Å². The van der Waals surface area contributed by atoms with Gasteiger partial charge in [-0.1, -0.05) is 6.92 Å². The molecule has 0 aliphatic rings. The number of nitrogens with zero attached hydrogens (tertiary/aromatic N) is 1. The summed E-state index contributed by atoms with van der Waals surface area (Å²) in [5.74, 6) is 0.154. The van der Waals surface area contributed by atoms with Crippen LogP contribution < -0.4 is 10.0 Å². The molecule has 0 radical (unpaired) electrons. The van der Waals surface area contributed by atoms with Gasteiger partial charge in [0.2, 0.25) is 10.0 Å². The Bertz CT molecular complexity index is 557. The predicted molar refractivity (Wildman–Crippen MR) is 71.5 cm³/mol. The lowest BCUT2D eigenvalue weighted by atomic mass is 10.2. The van der Waals surface area contributed by atoms with E-state index in [2.05, 4.69) is 15.0 Å². The molecule has 0 unspecified atom stereocenters. The van der Waals surface area contributed by atoms with Crippen LogP contribution in [0.5, 0.6) is 0 Å². The van der Waals surface area contributed by atoms with Gasteiger partial charge in [0.1, 0.15) is 5.82 Å². The molecule has 0 bridgehead atoms. The van der Waals surface area contributed by atoms with E-state index in [0.29, 0.717) is 12.0 Å². The van der Waals surface area contributed by atoms with Crippen LogP contribution in [-0.2, 0) is 16.6 Å². The highest BCUT2D eigenvalue weighted by atomic mass is 32.2. The van der Waals surface area contributed by atoms with Crippen LogP contribution in [0, 0.1) is 6.92 Å². The first kappa shape index (κ1) is 15.2. The van der Waals surface area contributed by atoms with Crippen molar-refractivity contribution in [3.05, 3.63) is 23.4 Å². The van der Waals surface area contributed by atoms with Crippen LogP contribution in [0.15, 0.2) is 12.3 Å². The molecule has 1 heterocycles. The normalized spacial score (nSPS) is 11.1. The molecule has 1 amide bonds. The van der Waals surface area contributed by atoms with Crippen LogP contribution in [0.1, 0.15) is 24.5 Å². The molecule has 19 heavy (non-hydrogen) atoms. The standard InChI is InChI=1S/C11H17N3O4S/c1-3-4-19(17,18)14-10-9(7-13-11(15)16)5-8(2)6-12-10/h5-6,13H,3-4,7H2,1-2H3,(H,12,14)(H,15,16). The summed E-state index contributed by atoms with van der Waals surface area (Å²) in [6, 6.07) is 1.69. The van der Waals surface area contributed by atoms with E-state index in [0.717, 1.165) is 5.56 Å². The van der Waals surface area contributed by atoms with Crippen molar-refractivity contribution in [3.63, 3.8) is 0 Å². The molecule has 7 nitrogen and oxygen atoms in total. The minimum absolute atomic E-state index is 0.00560. The molecule has 3 N–H and O–H groups in total. The maximum atomic E-state index is 11.7. The van der Waals surface area contributed by atoms with Crippen LogP contribution in [0.2, 0.25) is 0 Å². The molecule has 0 spiro atoms. The van der Waals surface area contributed by atoms with Gasteiger partial charge in [0.05, 0.1) is 5.75 Å². The summed E-state index contributed by atoms with van der Waals surface area (Å²) >= 11 is 0. The topological polar surface area (TPSA) is 108 Å². The Morgan fingerprint density at radius 2 is 2.16 bits per heavy atom. The van der Waals surface area contributed by atoms with Gasteiger partial charge in [-0.25, -0.2) is 18.2 Å². The van der Waals surface area contributed by atoms with Gasteiger partial charge in [-0.15, -0.1) is 0 Å². The summed E-state index contributed by atoms with van der Waals surface area (Å²) in [5.41, 5.74) is 1.31. The number of carboxylic acid groups (broad SMARTS) is 1. The minimum atomic E-state index is -3.45. The van der Waals surface area contributed by atoms with Gasteiger partial charge in [0.15, 0.2) is 0 Å². The van der Waals surface area contributed by atoms with Crippen LogP contribution in [-0.4, -0.2) is 30.4 Å². The predicted octanol–water partition coefficient (Wildman–Crippen LogP) is 1.31. The molecule has 0 aliphatic heterocycles. The number of hydrogen-bond acceptors (Lipinski definition) is 4. The molecular formula is C11H17N3O4S. The van der Waals surface area contributed by atoms with Crippen molar-refractivity contribution in [2.45, 2.75) is 26.8 Å². The Morgan fingerprint density at radius 3 is 2.74 bits per heavy atom. The van der Waals surface area contributed by atoms with Gasteiger partial charge in [0, 0.05) is 18.3 Å². The van der Waals surface area contributed by atoms with E-state index in [-0.39, 0.29) is 18.1 Å². The first-order valence-electron chi connectivity index (χ1n) is 5.77. The highest BCUT2D eigenvalue weighted by Gasteiger charge is 2.13. The summed E-state index contributed by atoms with van der Waals surface area (Å²) in [5, 5.41) is 10.8. The van der Waals surface area contributed by atoms with Gasteiger partial charge in [-0.05, 0) is 25.0 Å². The molecule has 1 aromatic rings. The van der Waals surface area contributed by atoms with Crippen LogP contribution in [0.4, 0.5) is 10.6 Å². The monoisotopic (exact) mass is 287 g/mol. The van der Waals surface area contributed by atoms with E-state index >= 15 is 0 Å². The summed E-state index contributed by atoms with van der Waals surface area (Å²) < 4.78 is 25.7. The second-order valence-corrected chi connectivity index (χ2v) is 5.94. The molecule has 106 valence electrons. The second-order valence-electron chi connectivity index (χ2n) is 4.10. The van der Waals surface area contributed by atoms with Crippen molar-refractivity contribution >= 4 is 21.9 Å². The van der Waals surface area contributed by atoms with Crippen molar-refractivity contribution in [2.24, 2.45) is 0 Å². The molecule has 1 aromatic heterocycles. The number of amides is 1. The van der Waals surface area contributed by atoms with Crippen molar-refractivity contribution in [2.75, 3.05) is 10.5 Å². The number of aromatic nitrogens is 1. The van der Waals surface area contributed by atoms with E-state index in [1.807, 2.05) is 0 Å². The van der Waals surface area contributed by atoms with Crippen molar-refractivity contribution in [1.82, 2.24) is 10.3 Å². The lowest BCUT2D eigenvalue weighted by molar-refractivity contribution is 0.194. The number of rotatable bonds is 6. The molecule has 0 fully saturated rings. The smallest absolute Gasteiger partial charge is 0.404 e. The van der Waals surface area contributed by atoms with Crippen LogP contribution in [0.25, 0.3) is 0 Å². The Labute approximate surface area is 112 Å². The average Bonchev–Trinajstić information content (AvgIpc) is 2.29. The van der Waals surface area contributed by atoms with E-state index in [1.165, 1.54) is 6.20 Å². The number of nitrogens with one attached hydrogen (secondary N) is 2. The third-order valence-corrected chi connectivity index (χ3v) is 3.71. The van der Waals surface area contributed by atoms with E-state index in [9.17, 15) is 13.2 Å². The third-order valence-electron chi connectivity index (χ3n) is 2.26. The van der Waals surface area contributed by atoms with E-state index < -0.39 is 16.1 Å². The molecule has 1 rings (SSSR count). The summed E-state index contributed by atoms with van der Waals surface area (Å²) in [7, 11) is -3.45. The quantitative estimate of drug-likeness (QED) is 0.731. The lowest BCUT2D eigenvalue weighted by Crippen LogP contribution is -2.23. The molecule has 8 heteroatoms. The van der Waals surface area contributed by atoms with Gasteiger partial charge < -0.3 is 10.4 Å². The maximum Gasteiger partial charge on any atom is 0.404 e. The van der Waals surface area contributed by atoms with Gasteiger partial charge >= 0.3 is 6.09 Å². The first-order valence-corrected chi connectivity index (χ1v) is 7.42. The van der Waals surface area contributed by atoms with Crippen molar-refractivity contribution in [1.29, 1.82) is 0 Å². The van der Waals surface area contributed by atoms with Crippen molar-refractivity contribution in [3.8, 4) is 0 Å². The molecule has 0 saturated carbocycles. The Morgan fingerprint density at radius 1 is 1.47 bits per heavy atom. The number of pyridine rings is 1. The van der Waals surface area contributed by atoms with Gasteiger partial charge in [-0.3, -0.25) is 4.72 Å². The summed E-state index contributed by atoms with van der Waals surface area (Å²) in [6.07, 6.45) is 0.835. The lowest BCUT2D eigenvalue weighted by Gasteiger charge is -2.11.